The molecule has 0 bridgehead atoms. The Morgan fingerprint density at radius 2 is 1.94 bits per heavy atom. The summed E-state index contributed by atoms with van der Waals surface area (Å²) in [5.41, 5.74) is 2.02. The lowest BCUT2D eigenvalue weighted by molar-refractivity contribution is -0.127. The van der Waals surface area contributed by atoms with Crippen molar-refractivity contribution in [2.24, 2.45) is 0 Å². The molecule has 93 valence electrons. The molecule has 1 amide bonds. The predicted molar refractivity (Wildman–Crippen MR) is 72.1 cm³/mol. The van der Waals surface area contributed by atoms with Crippen LogP contribution in [0.1, 0.15) is 25.5 Å². The van der Waals surface area contributed by atoms with Gasteiger partial charge in [0, 0.05) is 24.3 Å². The van der Waals surface area contributed by atoms with Gasteiger partial charge in [-0.05, 0) is 37.3 Å². The molecule has 3 heteroatoms. The number of aromatic nitrogens is 1. The second-order valence-electron chi connectivity index (χ2n) is 4.89. The maximum Gasteiger partial charge on any atom is 0.235 e. The Hall–Kier alpha value is -1.77. The molecule has 18 heavy (non-hydrogen) atoms. The molecule has 0 spiro atoms. The van der Waals surface area contributed by atoms with E-state index in [9.17, 15) is 4.79 Å². The maximum absolute atomic E-state index is 12.3. The summed E-state index contributed by atoms with van der Waals surface area (Å²) in [6.07, 6.45) is 2.26. The standard InChI is InChI=1S/C15H17N2O/c1-11(15(18)17-8-4-5-9-17)14-10-12-6-2-3-7-13(12)16-14/h2-3,6-7,10,16H,4-5,8-9H2,1H3. The first kappa shape index (κ1) is 11.3. The lowest BCUT2D eigenvalue weighted by Crippen LogP contribution is -2.32. The Kier molecular flexibility index (Phi) is 2.82. The van der Waals surface area contributed by atoms with Crippen LogP contribution in [0.5, 0.6) is 0 Å². The number of nitrogens with zero attached hydrogens (tertiary/aromatic N) is 1. The van der Waals surface area contributed by atoms with Crippen molar-refractivity contribution >= 4 is 16.8 Å². The zero-order valence-corrected chi connectivity index (χ0v) is 10.6. The number of nitrogens with one attached hydrogen (secondary N) is 1. The van der Waals surface area contributed by atoms with Crippen LogP contribution < -0.4 is 0 Å². The molecular formula is C15H17N2O. The third-order valence-electron chi connectivity index (χ3n) is 3.65. The van der Waals surface area contributed by atoms with Crippen LogP contribution in [0.4, 0.5) is 0 Å². The quantitative estimate of drug-likeness (QED) is 0.862. The van der Waals surface area contributed by atoms with Crippen LogP contribution in [-0.4, -0.2) is 28.9 Å². The number of carbonyl (C=O) groups excluding carboxylic acids is 1. The molecule has 2 heterocycles. The zero-order chi connectivity index (χ0) is 12.5. The summed E-state index contributed by atoms with van der Waals surface area (Å²) in [5, 5.41) is 1.15. The molecule has 1 aliphatic heterocycles. The van der Waals surface area contributed by atoms with E-state index in [0.29, 0.717) is 0 Å². The zero-order valence-electron chi connectivity index (χ0n) is 10.6. The summed E-state index contributed by atoms with van der Waals surface area (Å²) in [6.45, 7) is 3.71. The molecule has 1 radical (unpaired) electrons. The van der Waals surface area contributed by atoms with Crippen LogP contribution in [0.3, 0.4) is 0 Å². The Morgan fingerprint density at radius 3 is 2.67 bits per heavy atom. The second-order valence-corrected chi connectivity index (χ2v) is 4.89. The van der Waals surface area contributed by atoms with E-state index in [0.717, 1.165) is 48.4 Å². The van der Waals surface area contributed by atoms with Crippen LogP contribution in [0.25, 0.3) is 10.9 Å². The van der Waals surface area contributed by atoms with E-state index < -0.39 is 0 Å². The van der Waals surface area contributed by atoms with Crippen molar-refractivity contribution < 1.29 is 4.79 Å². The van der Waals surface area contributed by atoms with Crippen molar-refractivity contribution in [2.75, 3.05) is 13.1 Å². The molecule has 0 saturated carbocycles. The minimum Gasteiger partial charge on any atom is -0.357 e. The van der Waals surface area contributed by atoms with Gasteiger partial charge in [-0.3, -0.25) is 4.79 Å². The minimum atomic E-state index is 0.166. The molecule has 1 aromatic heterocycles. The Bertz CT molecular complexity index is 534. The summed E-state index contributed by atoms with van der Waals surface area (Å²) < 4.78 is 0. The van der Waals surface area contributed by atoms with Gasteiger partial charge < -0.3 is 9.88 Å². The molecule has 1 fully saturated rings. The fraction of sp³-hybridized carbons (Fsp3) is 0.333. The van der Waals surface area contributed by atoms with E-state index >= 15 is 0 Å². The Morgan fingerprint density at radius 1 is 1.22 bits per heavy atom. The number of aromatic amines is 1. The van der Waals surface area contributed by atoms with Crippen molar-refractivity contribution in [1.29, 1.82) is 0 Å². The van der Waals surface area contributed by atoms with Crippen molar-refractivity contribution in [2.45, 2.75) is 19.8 Å². The molecule has 0 unspecified atom stereocenters. The van der Waals surface area contributed by atoms with Gasteiger partial charge in [-0.25, -0.2) is 0 Å². The number of fused-ring (bicyclic) bond motifs is 1. The molecule has 1 N–H and O–H groups in total. The highest BCUT2D eigenvalue weighted by Crippen LogP contribution is 2.23. The third kappa shape index (κ3) is 1.90. The highest BCUT2D eigenvalue weighted by Gasteiger charge is 2.25. The third-order valence-corrected chi connectivity index (χ3v) is 3.65. The molecule has 2 aromatic rings. The molecular weight excluding hydrogens is 224 g/mol. The molecule has 1 saturated heterocycles. The summed E-state index contributed by atoms with van der Waals surface area (Å²) in [4.78, 5) is 17.6. The van der Waals surface area contributed by atoms with Gasteiger partial charge in [0.1, 0.15) is 5.92 Å². The number of H-pyrrole nitrogens is 1. The van der Waals surface area contributed by atoms with E-state index in [-0.39, 0.29) is 5.91 Å². The topological polar surface area (TPSA) is 36.1 Å². The number of para-hydroxylation sites is 1. The SMILES string of the molecule is C[C](C(=O)N1CCCC1)c1cc2ccccc2[nH]1. The monoisotopic (exact) mass is 241 g/mol. The molecule has 0 atom stereocenters. The molecule has 3 rings (SSSR count). The summed E-state index contributed by atoms with van der Waals surface area (Å²) in [7, 11) is 0. The van der Waals surface area contributed by atoms with E-state index in [4.69, 9.17) is 0 Å². The normalized spacial score (nSPS) is 15.8. The first-order valence-corrected chi connectivity index (χ1v) is 6.46. The average Bonchev–Trinajstić information content (AvgIpc) is 3.05. The Balaban J connectivity index is 1.86. The fourth-order valence-electron chi connectivity index (χ4n) is 2.55. The summed E-state index contributed by atoms with van der Waals surface area (Å²) >= 11 is 0. The number of hydrogen-bond acceptors (Lipinski definition) is 1. The fourth-order valence-corrected chi connectivity index (χ4v) is 2.55. The highest BCUT2D eigenvalue weighted by atomic mass is 16.2. The maximum atomic E-state index is 12.3. The second kappa shape index (κ2) is 4.48. The van der Waals surface area contributed by atoms with Crippen molar-refractivity contribution in [3.63, 3.8) is 0 Å². The van der Waals surface area contributed by atoms with Crippen LogP contribution >= 0.6 is 0 Å². The number of likely N-dealkylation sites (tertiary alicyclic amines) is 1. The van der Waals surface area contributed by atoms with E-state index in [1.165, 1.54) is 0 Å². The molecule has 1 aromatic carbocycles. The highest BCUT2D eigenvalue weighted by molar-refractivity contribution is 5.95. The first-order valence-electron chi connectivity index (χ1n) is 6.46. The molecule has 1 aliphatic rings. The van der Waals surface area contributed by atoms with Gasteiger partial charge >= 0.3 is 0 Å². The van der Waals surface area contributed by atoms with Crippen molar-refractivity contribution in [3.8, 4) is 0 Å². The van der Waals surface area contributed by atoms with Gasteiger partial charge in [-0.15, -0.1) is 0 Å². The Labute approximate surface area is 107 Å². The molecule has 0 aliphatic carbocycles. The van der Waals surface area contributed by atoms with Crippen LogP contribution in [0.2, 0.25) is 0 Å². The number of amides is 1. The largest absolute Gasteiger partial charge is 0.357 e. The van der Waals surface area contributed by atoms with Gasteiger partial charge in [-0.2, -0.15) is 0 Å². The lowest BCUT2D eigenvalue weighted by Gasteiger charge is -2.18. The predicted octanol–water partition coefficient (Wildman–Crippen LogP) is 2.73. The number of benzene rings is 1. The average molecular weight is 241 g/mol. The van der Waals surface area contributed by atoms with Gasteiger partial charge in [0.2, 0.25) is 5.91 Å². The van der Waals surface area contributed by atoms with Crippen molar-refractivity contribution in [3.05, 3.63) is 41.9 Å². The van der Waals surface area contributed by atoms with Gasteiger partial charge in [-0.1, -0.05) is 18.2 Å². The van der Waals surface area contributed by atoms with Crippen LogP contribution in [0, 0.1) is 5.92 Å². The van der Waals surface area contributed by atoms with E-state index in [1.54, 1.807) is 0 Å². The number of rotatable bonds is 2. The number of hydrogen-bond donors (Lipinski definition) is 1. The first-order chi connectivity index (χ1) is 8.75. The van der Waals surface area contributed by atoms with Gasteiger partial charge in [0.25, 0.3) is 0 Å². The summed E-state index contributed by atoms with van der Waals surface area (Å²) in [5.74, 6) is 0.979. The summed E-state index contributed by atoms with van der Waals surface area (Å²) in [6, 6.07) is 10.2. The van der Waals surface area contributed by atoms with Gasteiger partial charge in [0.05, 0.1) is 0 Å². The van der Waals surface area contributed by atoms with Crippen molar-refractivity contribution in [1.82, 2.24) is 9.88 Å². The number of carbonyl (C=O) groups is 1. The lowest BCUT2D eigenvalue weighted by atomic mass is 10.1. The smallest absolute Gasteiger partial charge is 0.235 e. The van der Waals surface area contributed by atoms with Gasteiger partial charge in [0.15, 0.2) is 0 Å². The van der Waals surface area contributed by atoms with E-state index in [1.807, 2.05) is 30.0 Å². The van der Waals surface area contributed by atoms with E-state index in [2.05, 4.69) is 17.1 Å². The molecule has 3 nitrogen and oxygen atoms in total. The van der Waals surface area contributed by atoms with Crippen LogP contribution in [0.15, 0.2) is 30.3 Å². The van der Waals surface area contributed by atoms with Crippen LogP contribution in [-0.2, 0) is 4.79 Å². The minimum absolute atomic E-state index is 0.166.